The van der Waals surface area contributed by atoms with Crippen LogP contribution in [0, 0.1) is 0 Å². The number of H-pyrrole nitrogens is 1. The van der Waals surface area contributed by atoms with Crippen LogP contribution >= 0.6 is 0 Å². The molecular weight excluding hydrogens is 188 g/mol. The lowest BCUT2D eigenvalue weighted by Gasteiger charge is -2.05. The number of fused-ring (bicyclic) bond motifs is 1. The monoisotopic (exact) mass is 204 g/mol. The van der Waals surface area contributed by atoms with Crippen LogP contribution in [0.2, 0.25) is 0 Å². The van der Waals surface area contributed by atoms with E-state index in [1.54, 1.807) is 6.92 Å². The van der Waals surface area contributed by atoms with Crippen LogP contribution in [0.15, 0.2) is 24.4 Å². The molecule has 1 aromatic heterocycles. The summed E-state index contributed by atoms with van der Waals surface area (Å²) in [6.45, 7) is 2.42. The van der Waals surface area contributed by atoms with Gasteiger partial charge in [-0.25, -0.2) is 0 Å². The molecule has 0 radical (unpaired) electrons. The maximum atomic E-state index is 9.51. The summed E-state index contributed by atoms with van der Waals surface area (Å²) < 4.78 is 0. The van der Waals surface area contributed by atoms with E-state index in [4.69, 9.17) is 5.73 Å². The Bertz CT molecular complexity index is 460. The third-order valence-corrected chi connectivity index (χ3v) is 2.69. The van der Waals surface area contributed by atoms with Crippen molar-refractivity contribution in [1.29, 1.82) is 0 Å². The van der Waals surface area contributed by atoms with Crippen molar-refractivity contribution in [2.75, 3.05) is 6.54 Å². The fraction of sp³-hybridized carbons (Fsp3) is 0.333. The number of aromatic amines is 1. The molecule has 1 unspecified atom stereocenters. The van der Waals surface area contributed by atoms with Crippen molar-refractivity contribution in [2.45, 2.75) is 19.4 Å². The minimum absolute atomic E-state index is 0.421. The molecule has 0 spiro atoms. The lowest BCUT2D eigenvalue weighted by atomic mass is 10.0. The first-order valence-electron chi connectivity index (χ1n) is 5.20. The average Bonchev–Trinajstić information content (AvgIpc) is 2.61. The van der Waals surface area contributed by atoms with Gasteiger partial charge in [-0.05, 0) is 43.1 Å². The van der Waals surface area contributed by atoms with Gasteiger partial charge in [0.25, 0.3) is 0 Å². The van der Waals surface area contributed by atoms with E-state index >= 15 is 0 Å². The summed E-state index contributed by atoms with van der Waals surface area (Å²) in [7, 11) is 0. The average molecular weight is 204 g/mol. The fourth-order valence-electron chi connectivity index (χ4n) is 1.82. The number of aliphatic hydroxyl groups is 1. The summed E-state index contributed by atoms with van der Waals surface area (Å²) in [6.07, 6.45) is 2.43. The van der Waals surface area contributed by atoms with Gasteiger partial charge in [0.15, 0.2) is 0 Å². The summed E-state index contributed by atoms with van der Waals surface area (Å²) in [4.78, 5) is 3.20. The highest BCUT2D eigenvalue weighted by atomic mass is 16.3. The lowest BCUT2D eigenvalue weighted by molar-refractivity contribution is 0.199. The van der Waals surface area contributed by atoms with E-state index in [0.717, 1.165) is 17.5 Å². The maximum absolute atomic E-state index is 9.51. The number of benzene rings is 1. The second-order valence-corrected chi connectivity index (χ2v) is 3.83. The highest BCUT2D eigenvalue weighted by Gasteiger charge is 2.06. The molecule has 2 aromatic rings. The van der Waals surface area contributed by atoms with Gasteiger partial charge in [0.1, 0.15) is 0 Å². The summed E-state index contributed by atoms with van der Waals surface area (Å²) in [6, 6.07) is 5.97. The summed E-state index contributed by atoms with van der Waals surface area (Å²) in [5.41, 5.74) is 8.81. The molecule has 0 aliphatic heterocycles. The van der Waals surface area contributed by atoms with E-state index in [0.29, 0.717) is 6.54 Å². The Morgan fingerprint density at radius 3 is 2.93 bits per heavy atom. The lowest BCUT2D eigenvalue weighted by Crippen LogP contribution is -2.02. The number of aromatic nitrogens is 1. The van der Waals surface area contributed by atoms with Crippen LogP contribution in [0.1, 0.15) is 24.2 Å². The van der Waals surface area contributed by atoms with Gasteiger partial charge in [0, 0.05) is 17.1 Å². The second-order valence-electron chi connectivity index (χ2n) is 3.83. The Labute approximate surface area is 88.9 Å². The number of hydrogen-bond acceptors (Lipinski definition) is 2. The molecule has 1 atom stereocenters. The highest BCUT2D eigenvalue weighted by molar-refractivity contribution is 5.84. The Morgan fingerprint density at radius 1 is 1.47 bits per heavy atom. The third kappa shape index (κ3) is 1.89. The van der Waals surface area contributed by atoms with Gasteiger partial charge >= 0.3 is 0 Å². The van der Waals surface area contributed by atoms with Gasteiger partial charge < -0.3 is 15.8 Å². The van der Waals surface area contributed by atoms with E-state index in [1.165, 1.54) is 10.9 Å². The molecule has 0 aliphatic rings. The van der Waals surface area contributed by atoms with Crippen LogP contribution in [0.3, 0.4) is 0 Å². The topological polar surface area (TPSA) is 62.0 Å². The minimum Gasteiger partial charge on any atom is -0.389 e. The minimum atomic E-state index is -0.421. The molecule has 80 valence electrons. The largest absolute Gasteiger partial charge is 0.389 e. The molecule has 2 rings (SSSR count). The molecule has 0 saturated carbocycles. The third-order valence-electron chi connectivity index (χ3n) is 2.69. The Kier molecular flexibility index (Phi) is 2.75. The summed E-state index contributed by atoms with van der Waals surface area (Å²) in [5, 5.41) is 10.7. The summed E-state index contributed by atoms with van der Waals surface area (Å²) >= 11 is 0. The molecule has 0 bridgehead atoms. The van der Waals surface area contributed by atoms with E-state index in [2.05, 4.69) is 4.98 Å². The second kappa shape index (κ2) is 4.04. The molecular formula is C12H16N2O. The number of nitrogens with two attached hydrogens (primary N) is 1. The Balaban J connectivity index is 2.51. The quantitative estimate of drug-likeness (QED) is 0.713. The van der Waals surface area contributed by atoms with Crippen molar-refractivity contribution in [3.63, 3.8) is 0 Å². The molecule has 4 N–H and O–H groups in total. The molecule has 0 saturated heterocycles. The molecule has 15 heavy (non-hydrogen) atoms. The van der Waals surface area contributed by atoms with Crippen molar-refractivity contribution in [1.82, 2.24) is 4.98 Å². The van der Waals surface area contributed by atoms with Crippen LogP contribution in [-0.4, -0.2) is 16.6 Å². The number of aliphatic hydroxyl groups excluding tert-OH is 1. The van der Waals surface area contributed by atoms with Crippen molar-refractivity contribution >= 4 is 10.9 Å². The van der Waals surface area contributed by atoms with Gasteiger partial charge in [0.2, 0.25) is 0 Å². The van der Waals surface area contributed by atoms with Gasteiger partial charge in [-0.3, -0.25) is 0 Å². The van der Waals surface area contributed by atoms with Crippen LogP contribution in [0.4, 0.5) is 0 Å². The molecule has 0 amide bonds. The van der Waals surface area contributed by atoms with Gasteiger partial charge in [-0.2, -0.15) is 0 Å². The summed E-state index contributed by atoms with van der Waals surface area (Å²) in [5.74, 6) is 0. The van der Waals surface area contributed by atoms with E-state index in [9.17, 15) is 5.11 Å². The molecule has 0 fully saturated rings. The first-order chi connectivity index (χ1) is 7.22. The number of hydrogen-bond donors (Lipinski definition) is 3. The predicted molar refractivity (Wildman–Crippen MR) is 61.7 cm³/mol. The number of nitrogens with one attached hydrogen (secondary N) is 1. The SMILES string of the molecule is CC(O)c1ccc2[nH]cc(CCN)c2c1. The maximum Gasteiger partial charge on any atom is 0.0762 e. The first-order valence-corrected chi connectivity index (χ1v) is 5.20. The van der Waals surface area contributed by atoms with E-state index in [-0.39, 0.29) is 0 Å². The van der Waals surface area contributed by atoms with E-state index in [1.807, 2.05) is 24.4 Å². The predicted octanol–water partition coefficient (Wildman–Crippen LogP) is 1.72. The van der Waals surface area contributed by atoms with Crippen molar-refractivity contribution in [2.24, 2.45) is 5.73 Å². The Morgan fingerprint density at radius 2 is 2.27 bits per heavy atom. The molecule has 3 nitrogen and oxygen atoms in total. The van der Waals surface area contributed by atoms with Crippen LogP contribution < -0.4 is 5.73 Å². The van der Waals surface area contributed by atoms with Gasteiger partial charge in [-0.1, -0.05) is 6.07 Å². The van der Waals surface area contributed by atoms with Crippen molar-refractivity contribution in [3.05, 3.63) is 35.5 Å². The number of rotatable bonds is 3. The van der Waals surface area contributed by atoms with Crippen molar-refractivity contribution in [3.8, 4) is 0 Å². The zero-order valence-corrected chi connectivity index (χ0v) is 8.83. The zero-order chi connectivity index (χ0) is 10.8. The fourth-order valence-corrected chi connectivity index (χ4v) is 1.82. The first kappa shape index (κ1) is 10.2. The Hall–Kier alpha value is -1.32. The molecule has 1 heterocycles. The van der Waals surface area contributed by atoms with E-state index < -0.39 is 6.10 Å². The zero-order valence-electron chi connectivity index (χ0n) is 8.83. The molecule has 3 heteroatoms. The molecule has 1 aromatic carbocycles. The smallest absolute Gasteiger partial charge is 0.0762 e. The standard InChI is InChI=1S/C12H16N2O/c1-8(15)9-2-3-12-11(6-9)10(4-5-13)7-14-12/h2-3,6-8,14-15H,4-5,13H2,1H3. The van der Waals surface area contributed by atoms with Crippen LogP contribution in [0.5, 0.6) is 0 Å². The van der Waals surface area contributed by atoms with Gasteiger partial charge in [-0.15, -0.1) is 0 Å². The van der Waals surface area contributed by atoms with Crippen LogP contribution in [-0.2, 0) is 6.42 Å². The van der Waals surface area contributed by atoms with Crippen LogP contribution in [0.25, 0.3) is 10.9 Å². The van der Waals surface area contributed by atoms with Gasteiger partial charge in [0.05, 0.1) is 6.10 Å². The normalized spacial score (nSPS) is 13.3. The van der Waals surface area contributed by atoms with Crippen molar-refractivity contribution < 1.29 is 5.11 Å². The molecule has 0 aliphatic carbocycles. The highest BCUT2D eigenvalue weighted by Crippen LogP contribution is 2.23.